The largest absolute Gasteiger partial charge is 0.377 e. The van der Waals surface area contributed by atoms with E-state index in [1.165, 1.54) is 5.01 Å². The van der Waals surface area contributed by atoms with Crippen molar-refractivity contribution in [2.24, 2.45) is 11.8 Å². The lowest BCUT2D eigenvalue weighted by Gasteiger charge is -2.35. The summed E-state index contributed by atoms with van der Waals surface area (Å²) < 4.78 is 5.98. The molecule has 25 heavy (non-hydrogen) atoms. The fourth-order valence-corrected chi connectivity index (χ4v) is 4.53. The molecule has 1 amide bonds. The third kappa shape index (κ3) is 4.05. The molecule has 4 rings (SSSR count). The molecule has 0 aliphatic carbocycles. The minimum absolute atomic E-state index is 0.00358. The Kier molecular flexibility index (Phi) is 5.05. The zero-order chi connectivity index (χ0) is 17.1. The van der Waals surface area contributed by atoms with Crippen LogP contribution in [0.4, 0.5) is 5.69 Å². The summed E-state index contributed by atoms with van der Waals surface area (Å²) >= 11 is 1.71. The summed E-state index contributed by atoms with van der Waals surface area (Å²) in [6.45, 7) is 3.76. The number of aromatic nitrogens is 2. The number of anilines is 1. The van der Waals surface area contributed by atoms with Gasteiger partial charge in [0.2, 0.25) is 5.91 Å². The van der Waals surface area contributed by atoms with Crippen molar-refractivity contribution >= 4 is 22.9 Å². The van der Waals surface area contributed by atoms with Gasteiger partial charge in [0, 0.05) is 30.2 Å². The summed E-state index contributed by atoms with van der Waals surface area (Å²) in [5.74, 6) is 1.00. The molecule has 0 radical (unpaired) electrons. The molecule has 2 aromatic rings. The normalized spacial score (nSPS) is 26.3. The molecule has 2 aliphatic rings. The Bertz CT molecular complexity index is 694. The van der Waals surface area contributed by atoms with Crippen LogP contribution in [0.15, 0.2) is 36.1 Å². The van der Waals surface area contributed by atoms with Crippen LogP contribution in [0.25, 0.3) is 0 Å². The van der Waals surface area contributed by atoms with Gasteiger partial charge in [-0.1, -0.05) is 0 Å². The second-order valence-corrected chi connectivity index (χ2v) is 7.72. The van der Waals surface area contributed by atoms with Crippen LogP contribution in [0.2, 0.25) is 0 Å². The van der Waals surface area contributed by atoms with Crippen LogP contribution in [0.3, 0.4) is 0 Å². The van der Waals surface area contributed by atoms with Gasteiger partial charge in [-0.25, -0.2) is 4.98 Å². The average molecular weight is 358 g/mol. The Balaban J connectivity index is 1.29. The van der Waals surface area contributed by atoms with Crippen molar-refractivity contribution in [3.63, 3.8) is 0 Å². The maximum Gasteiger partial charge on any atom is 0.227 e. The van der Waals surface area contributed by atoms with Crippen LogP contribution in [0, 0.1) is 11.8 Å². The van der Waals surface area contributed by atoms with Crippen molar-refractivity contribution in [1.82, 2.24) is 14.9 Å². The third-order valence-electron chi connectivity index (χ3n) is 5.05. The molecule has 4 heterocycles. The number of carbonyl (C=O) groups excluding carboxylic acids is 1. The monoisotopic (exact) mass is 358 g/mol. The molecule has 2 fully saturated rings. The first-order valence-electron chi connectivity index (χ1n) is 8.70. The molecule has 0 aromatic carbocycles. The number of likely N-dealkylation sites (tertiary alicyclic amines) is 1. The summed E-state index contributed by atoms with van der Waals surface area (Å²) in [6.07, 6.45) is 6.75. The molecule has 7 heteroatoms. The fourth-order valence-electron chi connectivity index (χ4n) is 3.87. The lowest BCUT2D eigenvalue weighted by atomic mass is 9.83. The summed E-state index contributed by atoms with van der Waals surface area (Å²) in [4.78, 5) is 23.1. The molecule has 3 atom stereocenters. The predicted molar refractivity (Wildman–Crippen MR) is 96.2 cm³/mol. The minimum atomic E-state index is 0.00358. The number of carbonyl (C=O) groups is 1. The number of hydrogen-bond acceptors (Lipinski definition) is 6. The van der Waals surface area contributed by atoms with E-state index >= 15 is 0 Å². The van der Waals surface area contributed by atoms with Crippen LogP contribution < -0.4 is 5.32 Å². The number of rotatable bonds is 5. The number of pyridine rings is 1. The number of nitrogens with zero attached hydrogens (tertiary/aromatic N) is 3. The van der Waals surface area contributed by atoms with Gasteiger partial charge in [0.15, 0.2) is 0 Å². The molecule has 2 saturated heterocycles. The Hall–Kier alpha value is -1.83. The van der Waals surface area contributed by atoms with Crippen LogP contribution >= 0.6 is 11.3 Å². The number of fused-ring (bicyclic) bond motifs is 1. The number of hydrogen-bond donors (Lipinski definition) is 1. The van der Waals surface area contributed by atoms with E-state index in [0.717, 1.165) is 38.3 Å². The second kappa shape index (κ2) is 7.59. The summed E-state index contributed by atoms with van der Waals surface area (Å²) in [6, 6.07) is 3.66. The summed E-state index contributed by atoms with van der Waals surface area (Å²) in [5.41, 5.74) is 0.736. The smallest absolute Gasteiger partial charge is 0.227 e. The van der Waals surface area contributed by atoms with E-state index in [4.69, 9.17) is 4.74 Å². The molecule has 2 aliphatic heterocycles. The maximum atomic E-state index is 12.3. The van der Waals surface area contributed by atoms with Gasteiger partial charge in [0.05, 0.1) is 37.6 Å². The van der Waals surface area contributed by atoms with Crippen LogP contribution in [0.1, 0.15) is 17.8 Å². The standard InChI is InChI=1S/C18H22N4O2S/c23-17(21-14-2-1-4-19-9-14)8-16-15-3-6-22(10-13(15)12-24-16)11-18-20-5-7-25-18/h1-2,4-5,7,9,13,15-16H,3,6,8,10-12H2,(H,21,23)/t13-,15-,16-/m0/s1. The van der Waals surface area contributed by atoms with E-state index in [9.17, 15) is 4.79 Å². The minimum Gasteiger partial charge on any atom is -0.377 e. The van der Waals surface area contributed by atoms with Crippen molar-refractivity contribution in [3.05, 3.63) is 41.1 Å². The van der Waals surface area contributed by atoms with Gasteiger partial charge >= 0.3 is 0 Å². The van der Waals surface area contributed by atoms with Crippen molar-refractivity contribution < 1.29 is 9.53 Å². The SMILES string of the molecule is O=C(C[C@@H]1OC[C@@H]2CN(Cc3nccs3)CC[C@@H]21)Nc1cccnc1. The molecule has 0 saturated carbocycles. The van der Waals surface area contributed by atoms with Crippen LogP contribution in [-0.4, -0.2) is 46.6 Å². The van der Waals surface area contributed by atoms with Gasteiger partial charge in [0.25, 0.3) is 0 Å². The van der Waals surface area contributed by atoms with E-state index in [1.54, 1.807) is 23.7 Å². The van der Waals surface area contributed by atoms with E-state index in [1.807, 2.05) is 23.7 Å². The Morgan fingerprint density at radius 1 is 1.44 bits per heavy atom. The zero-order valence-electron chi connectivity index (χ0n) is 14.0. The molecule has 6 nitrogen and oxygen atoms in total. The number of nitrogens with one attached hydrogen (secondary N) is 1. The number of piperidine rings is 1. The Morgan fingerprint density at radius 2 is 2.40 bits per heavy atom. The molecule has 132 valence electrons. The van der Waals surface area contributed by atoms with Gasteiger partial charge in [-0.15, -0.1) is 11.3 Å². The molecular formula is C18H22N4O2S. The molecule has 2 aromatic heterocycles. The van der Waals surface area contributed by atoms with E-state index in [2.05, 4.69) is 20.2 Å². The first kappa shape index (κ1) is 16.6. The Morgan fingerprint density at radius 3 is 3.20 bits per heavy atom. The molecule has 0 unspecified atom stereocenters. The lowest BCUT2D eigenvalue weighted by molar-refractivity contribution is -0.118. The van der Waals surface area contributed by atoms with E-state index in [0.29, 0.717) is 18.3 Å². The van der Waals surface area contributed by atoms with Gasteiger partial charge in [-0.05, 0) is 31.0 Å². The molecule has 0 bridgehead atoms. The Labute approximate surface area is 151 Å². The molecule has 0 spiro atoms. The number of amides is 1. The number of thiazole rings is 1. The van der Waals surface area contributed by atoms with Gasteiger partial charge < -0.3 is 10.1 Å². The average Bonchev–Trinajstić information content (AvgIpc) is 3.26. The highest BCUT2D eigenvalue weighted by atomic mass is 32.1. The maximum absolute atomic E-state index is 12.3. The zero-order valence-corrected chi connectivity index (χ0v) is 14.8. The number of ether oxygens (including phenoxy) is 1. The second-order valence-electron chi connectivity index (χ2n) is 6.74. The predicted octanol–water partition coefficient (Wildman–Crippen LogP) is 2.40. The van der Waals surface area contributed by atoms with Crippen molar-refractivity contribution in [2.75, 3.05) is 25.0 Å². The highest BCUT2D eigenvalue weighted by molar-refractivity contribution is 7.09. The highest BCUT2D eigenvalue weighted by Crippen LogP contribution is 2.36. The first-order chi connectivity index (χ1) is 12.3. The van der Waals surface area contributed by atoms with Crippen LogP contribution in [-0.2, 0) is 16.1 Å². The fraction of sp³-hybridized carbons (Fsp3) is 0.500. The van der Waals surface area contributed by atoms with Gasteiger partial charge in [0.1, 0.15) is 5.01 Å². The van der Waals surface area contributed by atoms with Crippen LogP contribution in [0.5, 0.6) is 0 Å². The highest BCUT2D eigenvalue weighted by Gasteiger charge is 2.41. The van der Waals surface area contributed by atoms with Crippen molar-refractivity contribution in [3.8, 4) is 0 Å². The first-order valence-corrected chi connectivity index (χ1v) is 9.58. The lowest BCUT2D eigenvalue weighted by Crippen LogP contribution is -2.41. The quantitative estimate of drug-likeness (QED) is 0.889. The topological polar surface area (TPSA) is 67.3 Å². The van der Waals surface area contributed by atoms with Gasteiger partial charge in [-0.2, -0.15) is 0 Å². The van der Waals surface area contributed by atoms with Crippen molar-refractivity contribution in [1.29, 1.82) is 0 Å². The summed E-state index contributed by atoms with van der Waals surface area (Å²) in [7, 11) is 0. The molecular weight excluding hydrogens is 336 g/mol. The van der Waals surface area contributed by atoms with Crippen molar-refractivity contribution in [2.45, 2.75) is 25.5 Å². The summed E-state index contributed by atoms with van der Waals surface area (Å²) in [5, 5.41) is 6.10. The van der Waals surface area contributed by atoms with Gasteiger partial charge in [-0.3, -0.25) is 14.7 Å². The van der Waals surface area contributed by atoms with E-state index in [-0.39, 0.29) is 12.0 Å². The van der Waals surface area contributed by atoms with E-state index < -0.39 is 0 Å². The molecule has 1 N–H and O–H groups in total. The third-order valence-corrected chi connectivity index (χ3v) is 5.82.